The molecule has 0 radical (unpaired) electrons. The molecule has 0 saturated carbocycles. The number of ether oxygens (including phenoxy) is 1. The van der Waals surface area contributed by atoms with Gasteiger partial charge in [-0.1, -0.05) is 11.8 Å². The second kappa shape index (κ2) is 9.44. The molecule has 3 aromatic heterocycles. The van der Waals surface area contributed by atoms with E-state index < -0.39 is 6.10 Å². The summed E-state index contributed by atoms with van der Waals surface area (Å²) in [7, 11) is 0. The molecule has 1 atom stereocenters. The smallest absolute Gasteiger partial charge is 0.277 e. The highest BCUT2D eigenvalue weighted by molar-refractivity contribution is 7.99. The van der Waals surface area contributed by atoms with E-state index in [1.165, 1.54) is 36.0 Å². The predicted octanol–water partition coefficient (Wildman–Crippen LogP) is 5.38. The molecule has 0 N–H and O–H groups in total. The highest BCUT2D eigenvalue weighted by Gasteiger charge is 2.20. The van der Waals surface area contributed by atoms with E-state index in [1.54, 1.807) is 13.2 Å². The van der Waals surface area contributed by atoms with E-state index in [-0.39, 0.29) is 28.5 Å². The summed E-state index contributed by atoms with van der Waals surface area (Å²) in [5, 5.41) is 8.27. The maximum atomic E-state index is 13.0. The molecule has 3 heterocycles. The molecule has 166 valence electrons. The summed E-state index contributed by atoms with van der Waals surface area (Å²) in [6, 6.07) is 11.3. The van der Waals surface area contributed by atoms with Crippen molar-refractivity contribution in [3.8, 4) is 5.75 Å². The summed E-state index contributed by atoms with van der Waals surface area (Å²) < 4.78 is 31.8. The van der Waals surface area contributed by atoms with Crippen LogP contribution in [-0.4, -0.2) is 26.3 Å². The van der Waals surface area contributed by atoms with Gasteiger partial charge in [-0.3, -0.25) is 4.79 Å². The Morgan fingerprint density at radius 2 is 2.00 bits per heavy atom. The molecule has 4 rings (SSSR count). The fourth-order valence-corrected chi connectivity index (χ4v) is 3.95. The first-order chi connectivity index (χ1) is 15.4. The van der Waals surface area contributed by atoms with Gasteiger partial charge in [0, 0.05) is 17.0 Å². The highest BCUT2D eigenvalue weighted by atomic mass is 32.2. The van der Waals surface area contributed by atoms with Gasteiger partial charge in [-0.15, -0.1) is 10.2 Å². The Morgan fingerprint density at radius 3 is 2.72 bits per heavy atom. The zero-order valence-corrected chi connectivity index (χ0v) is 18.7. The summed E-state index contributed by atoms with van der Waals surface area (Å²) in [5.74, 6) is 1.40. The maximum absolute atomic E-state index is 13.0. The van der Waals surface area contributed by atoms with E-state index in [2.05, 4.69) is 14.8 Å². The van der Waals surface area contributed by atoms with Crippen LogP contribution in [0, 0.1) is 19.7 Å². The minimum absolute atomic E-state index is 0.0239. The zero-order chi connectivity index (χ0) is 22.7. The van der Waals surface area contributed by atoms with Gasteiger partial charge >= 0.3 is 0 Å². The van der Waals surface area contributed by atoms with Crippen LogP contribution < -0.4 is 4.74 Å². The number of carbonyl (C=O) groups is 1. The normalized spacial score (nSPS) is 12.1. The number of aryl methyl sites for hydroxylation is 1. The molecule has 0 spiro atoms. The molecule has 7 nitrogen and oxygen atoms in total. The molecule has 9 heteroatoms. The number of nitrogens with zero attached hydrogens (tertiary/aromatic N) is 3. The van der Waals surface area contributed by atoms with Gasteiger partial charge in [0.1, 0.15) is 17.3 Å². The van der Waals surface area contributed by atoms with Crippen LogP contribution in [0.2, 0.25) is 0 Å². The minimum atomic E-state index is -0.515. The highest BCUT2D eigenvalue weighted by Crippen LogP contribution is 2.26. The van der Waals surface area contributed by atoms with Gasteiger partial charge in [0.25, 0.3) is 11.1 Å². The Balaban J connectivity index is 1.36. The Kier molecular flexibility index (Phi) is 6.45. The molecule has 0 aliphatic carbocycles. The number of ketones is 1. The molecule has 0 saturated heterocycles. The number of aromatic nitrogens is 3. The largest absolute Gasteiger partial charge is 0.481 e. The van der Waals surface area contributed by atoms with Gasteiger partial charge in [0.05, 0.1) is 18.6 Å². The molecule has 1 unspecified atom stereocenters. The summed E-state index contributed by atoms with van der Waals surface area (Å²) >= 11 is 1.18. The molecule has 0 aliphatic rings. The molecule has 4 aromatic rings. The number of furan rings is 1. The maximum Gasteiger partial charge on any atom is 0.277 e. The number of hydrogen-bond donors (Lipinski definition) is 0. The van der Waals surface area contributed by atoms with Crippen molar-refractivity contribution in [2.75, 3.05) is 5.75 Å². The number of rotatable bonds is 9. The summed E-state index contributed by atoms with van der Waals surface area (Å²) in [5.41, 5.74) is 2.53. The first-order valence-electron chi connectivity index (χ1n) is 10.0. The second-order valence-corrected chi connectivity index (χ2v) is 8.21. The average Bonchev–Trinajstić information content (AvgIpc) is 3.52. The molecule has 0 amide bonds. The first kappa shape index (κ1) is 21.9. The topological polar surface area (TPSA) is 83.3 Å². The number of benzene rings is 1. The van der Waals surface area contributed by atoms with E-state index in [9.17, 15) is 9.18 Å². The third kappa shape index (κ3) is 4.94. The van der Waals surface area contributed by atoms with Crippen LogP contribution >= 0.6 is 11.8 Å². The summed E-state index contributed by atoms with van der Waals surface area (Å²) in [6.07, 6.45) is 1.12. The zero-order valence-electron chi connectivity index (χ0n) is 17.9. The van der Waals surface area contributed by atoms with Crippen LogP contribution in [0.1, 0.15) is 46.4 Å². The lowest BCUT2D eigenvalue weighted by Crippen LogP contribution is -2.07. The van der Waals surface area contributed by atoms with E-state index in [0.717, 1.165) is 17.1 Å². The lowest BCUT2D eigenvalue weighted by atomic mass is 10.2. The van der Waals surface area contributed by atoms with Gasteiger partial charge in [0.2, 0.25) is 0 Å². The lowest BCUT2D eigenvalue weighted by molar-refractivity contribution is 0.102. The van der Waals surface area contributed by atoms with Crippen molar-refractivity contribution in [3.05, 3.63) is 83.1 Å². The van der Waals surface area contributed by atoms with E-state index in [0.29, 0.717) is 17.9 Å². The van der Waals surface area contributed by atoms with Crippen molar-refractivity contribution in [3.63, 3.8) is 0 Å². The number of carbonyl (C=O) groups excluding carboxylic acids is 1. The standard InChI is InChI=1S/C23H22FN3O4S/c1-14-11-20(15(2)27(14)12-19-5-4-10-29-19)21(28)13-32-23-26-25-22(31-23)16(3)30-18-8-6-17(24)7-9-18/h4-11,16H,12-13H2,1-3H3. The van der Waals surface area contributed by atoms with Gasteiger partial charge in [-0.2, -0.15) is 0 Å². The average molecular weight is 456 g/mol. The van der Waals surface area contributed by atoms with Crippen molar-refractivity contribution in [2.24, 2.45) is 0 Å². The van der Waals surface area contributed by atoms with Crippen molar-refractivity contribution < 1.29 is 22.8 Å². The number of Topliss-reactive ketones (excluding diaryl/α,β-unsaturated/α-hetero) is 1. The van der Waals surface area contributed by atoms with Crippen LogP contribution in [0.3, 0.4) is 0 Å². The van der Waals surface area contributed by atoms with E-state index in [4.69, 9.17) is 13.6 Å². The second-order valence-electron chi connectivity index (χ2n) is 7.28. The van der Waals surface area contributed by atoms with Crippen molar-refractivity contribution in [2.45, 2.75) is 38.6 Å². The fraction of sp³-hybridized carbons (Fsp3) is 0.261. The third-order valence-corrected chi connectivity index (χ3v) is 5.81. The van der Waals surface area contributed by atoms with Crippen LogP contribution in [0.25, 0.3) is 0 Å². The number of thioether (sulfide) groups is 1. The monoisotopic (exact) mass is 455 g/mol. The predicted molar refractivity (Wildman–Crippen MR) is 117 cm³/mol. The third-order valence-electron chi connectivity index (χ3n) is 4.99. The summed E-state index contributed by atoms with van der Waals surface area (Å²) in [4.78, 5) is 12.8. The molecule has 0 fully saturated rings. The van der Waals surface area contributed by atoms with Crippen molar-refractivity contribution >= 4 is 17.5 Å². The molecular weight excluding hydrogens is 433 g/mol. The van der Waals surface area contributed by atoms with Crippen LogP contribution in [0.4, 0.5) is 4.39 Å². The van der Waals surface area contributed by atoms with Gasteiger partial charge < -0.3 is 18.1 Å². The molecule has 1 aromatic carbocycles. The van der Waals surface area contributed by atoms with Crippen molar-refractivity contribution in [1.82, 2.24) is 14.8 Å². The Morgan fingerprint density at radius 1 is 1.22 bits per heavy atom. The van der Waals surface area contributed by atoms with Crippen LogP contribution in [-0.2, 0) is 6.54 Å². The van der Waals surface area contributed by atoms with Crippen LogP contribution in [0.15, 0.2) is 62.8 Å². The summed E-state index contributed by atoms with van der Waals surface area (Å²) in [6.45, 7) is 6.22. The number of halogens is 1. The molecular formula is C23H22FN3O4S. The fourth-order valence-electron chi connectivity index (χ4n) is 3.30. The number of hydrogen-bond acceptors (Lipinski definition) is 7. The lowest BCUT2D eigenvalue weighted by Gasteiger charge is -2.10. The Labute approximate surface area is 188 Å². The molecule has 0 bridgehead atoms. The SMILES string of the molecule is Cc1cc(C(=O)CSc2nnc(C(C)Oc3ccc(F)cc3)o2)c(C)n1Cc1ccco1. The van der Waals surface area contributed by atoms with Crippen molar-refractivity contribution in [1.29, 1.82) is 0 Å². The van der Waals surface area contributed by atoms with Gasteiger partial charge in [-0.25, -0.2) is 4.39 Å². The molecule has 32 heavy (non-hydrogen) atoms. The quantitative estimate of drug-likeness (QED) is 0.247. The van der Waals surface area contributed by atoms with Gasteiger partial charge in [0.15, 0.2) is 11.9 Å². The van der Waals surface area contributed by atoms with Crippen LogP contribution in [0.5, 0.6) is 5.75 Å². The first-order valence-corrected chi connectivity index (χ1v) is 11.0. The van der Waals surface area contributed by atoms with E-state index in [1.807, 2.05) is 32.0 Å². The molecule has 0 aliphatic heterocycles. The minimum Gasteiger partial charge on any atom is -0.481 e. The van der Waals surface area contributed by atoms with E-state index >= 15 is 0 Å². The Bertz CT molecular complexity index is 1200. The Hall–Kier alpha value is -3.33. The van der Waals surface area contributed by atoms with Gasteiger partial charge in [-0.05, 0) is 63.2 Å².